The van der Waals surface area contributed by atoms with Crippen LogP contribution < -0.4 is 20.1 Å². The highest BCUT2D eigenvalue weighted by molar-refractivity contribution is 5.73. The fourth-order valence-corrected chi connectivity index (χ4v) is 1.97. The largest absolute Gasteiger partial charge is 0.497 e. The zero-order chi connectivity index (χ0) is 16.3. The second-order valence-corrected chi connectivity index (χ2v) is 4.97. The molecule has 0 saturated carbocycles. The fraction of sp³-hybridized carbons (Fsp3) is 0.278. The van der Waals surface area contributed by atoms with Gasteiger partial charge in [0.1, 0.15) is 11.5 Å². The predicted molar refractivity (Wildman–Crippen MR) is 89.8 cm³/mol. The smallest absolute Gasteiger partial charge is 0.315 e. The van der Waals surface area contributed by atoms with Gasteiger partial charge in [0.15, 0.2) is 0 Å². The summed E-state index contributed by atoms with van der Waals surface area (Å²) in [4.78, 5) is 11.7. The number of carbonyl (C=O) groups is 1. The van der Waals surface area contributed by atoms with Gasteiger partial charge >= 0.3 is 6.03 Å². The van der Waals surface area contributed by atoms with Crippen molar-refractivity contribution in [2.45, 2.75) is 13.0 Å². The van der Waals surface area contributed by atoms with Crippen molar-refractivity contribution in [3.63, 3.8) is 0 Å². The standard InChI is InChI=1S/C18H22N2O3/c1-22-16-10-8-15(9-11-16)14-20-18(21)19-12-5-13-23-17-6-3-2-4-7-17/h2-4,6-11H,5,12-14H2,1H3,(H2,19,20,21). The topological polar surface area (TPSA) is 59.6 Å². The molecule has 2 N–H and O–H groups in total. The molecule has 122 valence electrons. The van der Waals surface area contributed by atoms with Gasteiger partial charge in [-0.25, -0.2) is 4.79 Å². The van der Waals surface area contributed by atoms with Crippen LogP contribution in [-0.2, 0) is 6.54 Å². The van der Waals surface area contributed by atoms with E-state index >= 15 is 0 Å². The lowest BCUT2D eigenvalue weighted by Gasteiger charge is -2.09. The van der Waals surface area contributed by atoms with Crippen molar-refractivity contribution in [2.75, 3.05) is 20.3 Å². The van der Waals surface area contributed by atoms with E-state index in [1.54, 1.807) is 7.11 Å². The molecule has 2 amide bonds. The Bertz CT molecular complexity index is 585. The first-order valence-electron chi connectivity index (χ1n) is 7.60. The number of nitrogens with one attached hydrogen (secondary N) is 2. The number of benzene rings is 2. The van der Waals surface area contributed by atoms with Crippen LogP contribution in [0.2, 0.25) is 0 Å². The molecule has 2 aromatic carbocycles. The summed E-state index contributed by atoms with van der Waals surface area (Å²) in [6.45, 7) is 1.63. The molecule has 5 heteroatoms. The molecule has 0 atom stereocenters. The lowest BCUT2D eigenvalue weighted by Crippen LogP contribution is -2.35. The molecule has 0 unspecified atom stereocenters. The van der Waals surface area contributed by atoms with Crippen molar-refractivity contribution in [3.8, 4) is 11.5 Å². The zero-order valence-electron chi connectivity index (χ0n) is 13.2. The Morgan fingerprint density at radius 1 is 0.957 bits per heavy atom. The van der Waals surface area contributed by atoms with Crippen molar-refractivity contribution in [3.05, 3.63) is 60.2 Å². The van der Waals surface area contributed by atoms with Crippen LogP contribution in [0, 0.1) is 0 Å². The molecule has 0 aromatic heterocycles. The first-order valence-corrected chi connectivity index (χ1v) is 7.60. The number of amides is 2. The molecule has 23 heavy (non-hydrogen) atoms. The third kappa shape index (κ3) is 6.30. The van der Waals surface area contributed by atoms with E-state index in [9.17, 15) is 4.79 Å². The third-order valence-electron chi connectivity index (χ3n) is 3.23. The number of urea groups is 1. The quantitative estimate of drug-likeness (QED) is 0.737. The second kappa shape index (κ2) is 9.35. The number of ether oxygens (including phenoxy) is 2. The molecule has 0 aliphatic heterocycles. The van der Waals surface area contributed by atoms with E-state index in [2.05, 4.69) is 10.6 Å². The predicted octanol–water partition coefficient (Wildman–Crippen LogP) is 2.96. The van der Waals surface area contributed by atoms with E-state index in [1.807, 2.05) is 54.6 Å². The molecular weight excluding hydrogens is 292 g/mol. The van der Waals surface area contributed by atoms with E-state index in [1.165, 1.54) is 0 Å². The minimum absolute atomic E-state index is 0.180. The molecule has 2 rings (SSSR count). The van der Waals surface area contributed by atoms with Gasteiger partial charge < -0.3 is 20.1 Å². The van der Waals surface area contributed by atoms with Crippen molar-refractivity contribution in [1.82, 2.24) is 10.6 Å². The maximum Gasteiger partial charge on any atom is 0.315 e. The lowest BCUT2D eigenvalue weighted by atomic mass is 10.2. The van der Waals surface area contributed by atoms with Crippen LogP contribution in [-0.4, -0.2) is 26.3 Å². The average molecular weight is 314 g/mol. The molecule has 2 aromatic rings. The summed E-state index contributed by atoms with van der Waals surface area (Å²) in [7, 11) is 1.63. The van der Waals surface area contributed by atoms with Gasteiger partial charge in [0.25, 0.3) is 0 Å². The van der Waals surface area contributed by atoms with Crippen LogP contribution >= 0.6 is 0 Å². The van der Waals surface area contributed by atoms with Crippen LogP contribution in [0.3, 0.4) is 0 Å². The van der Waals surface area contributed by atoms with Crippen LogP contribution in [0.5, 0.6) is 11.5 Å². The maximum atomic E-state index is 11.7. The normalized spacial score (nSPS) is 9.96. The Labute approximate surface area is 136 Å². The summed E-state index contributed by atoms with van der Waals surface area (Å²) in [6, 6.07) is 17.0. The molecule has 0 fully saturated rings. The molecule has 0 heterocycles. The summed E-state index contributed by atoms with van der Waals surface area (Å²) in [5, 5.41) is 5.62. The van der Waals surface area contributed by atoms with Crippen molar-refractivity contribution >= 4 is 6.03 Å². The highest BCUT2D eigenvalue weighted by atomic mass is 16.5. The van der Waals surface area contributed by atoms with Crippen LogP contribution in [0.4, 0.5) is 4.79 Å². The molecule has 0 aliphatic rings. The van der Waals surface area contributed by atoms with Crippen LogP contribution in [0.15, 0.2) is 54.6 Å². The molecule has 5 nitrogen and oxygen atoms in total. The number of rotatable bonds is 8. The van der Waals surface area contributed by atoms with E-state index in [0.717, 1.165) is 23.5 Å². The van der Waals surface area contributed by atoms with Gasteiger partial charge in [0.05, 0.1) is 13.7 Å². The van der Waals surface area contributed by atoms with Gasteiger partial charge in [-0.15, -0.1) is 0 Å². The summed E-state index contributed by atoms with van der Waals surface area (Å²) in [6.07, 6.45) is 0.755. The van der Waals surface area contributed by atoms with Gasteiger partial charge in [-0.05, 0) is 36.2 Å². The van der Waals surface area contributed by atoms with Crippen molar-refractivity contribution in [2.24, 2.45) is 0 Å². The third-order valence-corrected chi connectivity index (χ3v) is 3.23. The molecule has 0 bridgehead atoms. The summed E-state index contributed by atoms with van der Waals surface area (Å²) in [5.74, 6) is 1.65. The second-order valence-electron chi connectivity index (χ2n) is 4.97. The molecule has 0 radical (unpaired) electrons. The minimum Gasteiger partial charge on any atom is -0.497 e. The first kappa shape index (κ1) is 16.7. The number of hydrogen-bond acceptors (Lipinski definition) is 3. The van der Waals surface area contributed by atoms with Crippen LogP contribution in [0.25, 0.3) is 0 Å². The number of carbonyl (C=O) groups excluding carboxylic acids is 1. The first-order chi connectivity index (χ1) is 11.3. The monoisotopic (exact) mass is 314 g/mol. The molecule has 0 aliphatic carbocycles. The Morgan fingerprint density at radius 2 is 1.70 bits per heavy atom. The van der Waals surface area contributed by atoms with E-state index in [-0.39, 0.29) is 6.03 Å². The number of methoxy groups -OCH3 is 1. The van der Waals surface area contributed by atoms with Crippen LogP contribution in [0.1, 0.15) is 12.0 Å². The van der Waals surface area contributed by atoms with Crippen molar-refractivity contribution < 1.29 is 14.3 Å². The zero-order valence-corrected chi connectivity index (χ0v) is 13.2. The Balaban J connectivity index is 1.56. The summed E-state index contributed by atoms with van der Waals surface area (Å²) in [5.41, 5.74) is 1.02. The number of para-hydroxylation sites is 1. The van der Waals surface area contributed by atoms with E-state index < -0.39 is 0 Å². The Morgan fingerprint density at radius 3 is 2.39 bits per heavy atom. The Hall–Kier alpha value is -2.69. The summed E-state index contributed by atoms with van der Waals surface area (Å²) < 4.78 is 10.6. The lowest BCUT2D eigenvalue weighted by molar-refractivity contribution is 0.238. The summed E-state index contributed by atoms with van der Waals surface area (Å²) >= 11 is 0. The molecule has 0 spiro atoms. The van der Waals surface area contributed by atoms with Crippen molar-refractivity contribution in [1.29, 1.82) is 0 Å². The maximum absolute atomic E-state index is 11.7. The van der Waals surface area contributed by atoms with Gasteiger partial charge in [-0.2, -0.15) is 0 Å². The fourth-order valence-electron chi connectivity index (χ4n) is 1.97. The highest BCUT2D eigenvalue weighted by Crippen LogP contribution is 2.11. The SMILES string of the molecule is COc1ccc(CNC(=O)NCCCOc2ccccc2)cc1. The van der Waals surface area contributed by atoms with Gasteiger partial charge in [-0.1, -0.05) is 30.3 Å². The van der Waals surface area contributed by atoms with E-state index in [0.29, 0.717) is 19.7 Å². The minimum atomic E-state index is -0.180. The highest BCUT2D eigenvalue weighted by Gasteiger charge is 2.00. The van der Waals surface area contributed by atoms with Gasteiger partial charge in [-0.3, -0.25) is 0 Å². The number of hydrogen-bond donors (Lipinski definition) is 2. The van der Waals surface area contributed by atoms with E-state index in [4.69, 9.17) is 9.47 Å². The van der Waals surface area contributed by atoms with Gasteiger partial charge in [0, 0.05) is 13.1 Å². The molecule has 0 saturated heterocycles. The Kier molecular flexibility index (Phi) is 6.78. The van der Waals surface area contributed by atoms with Gasteiger partial charge in [0.2, 0.25) is 0 Å². The molecular formula is C18H22N2O3. The average Bonchev–Trinajstić information content (AvgIpc) is 2.61.